The molecule has 0 amide bonds. The van der Waals surface area contributed by atoms with Crippen LogP contribution >= 0.6 is 21.6 Å². The van der Waals surface area contributed by atoms with E-state index in [2.05, 4.69) is 0 Å². The van der Waals surface area contributed by atoms with Crippen molar-refractivity contribution in [3.05, 3.63) is 48.5 Å². The van der Waals surface area contributed by atoms with Crippen LogP contribution in [0, 0.1) is 0 Å². The summed E-state index contributed by atoms with van der Waals surface area (Å²) in [5.74, 6) is 0. The molecule has 2 aromatic carbocycles. The van der Waals surface area contributed by atoms with Gasteiger partial charge in [0.25, 0.3) is 0 Å². The molecule has 0 heterocycles. The second kappa shape index (κ2) is 12.9. The molecule has 154 valence electrons. The molecule has 0 aliphatic heterocycles. The normalized spacial score (nSPS) is 10.9. The van der Waals surface area contributed by atoms with E-state index in [9.17, 15) is 0 Å². The number of nitrogens with zero attached hydrogens (tertiary/aromatic N) is 2. The van der Waals surface area contributed by atoms with E-state index in [1.165, 1.54) is 0 Å². The van der Waals surface area contributed by atoms with Crippen LogP contribution in [0.25, 0.3) is 0 Å². The van der Waals surface area contributed by atoms with Crippen molar-refractivity contribution in [3.8, 4) is 0 Å². The molecule has 0 aromatic heterocycles. The lowest BCUT2D eigenvalue weighted by atomic mass is 10.3. The fourth-order valence-electron chi connectivity index (χ4n) is 2.74. The number of hydrogen-bond donors (Lipinski definition) is 4. The number of anilines is 2. The molecular weight excluding hydrogens is 396 g/mol. The van der Waals surface area contributed by atoms with Crippen molar-refractivity contribution in [2.75, 3.05) is 62.4 Å². The smallest absolute Gasteiger partial charge is 0.0606 e. The summed E-state index contributed by atoms with van der Waals surface area (Å²) in [6.45, 7) is 2.20. The van der Waals surface area contributed by atoms with Crippen LogP contribution in [0.5, 0.6) is 0 Å². The van der Waals surface area contributed by atoms with Crippen molar-refractivity contribution < 1.29 is 20.4 Å². The lowest BCUT2D eigenvalue weighted by Crippen LogP contribution is -2.29. The maximum Gasteiger partial charge on any atom is 0.0606 e. The molecule has 6 nitrogen and oxygen atoms in total. The zero-order chi connectivity index (χ0) is 20.2. The fourth-order valence-corrected chi connectivity index (χ4v) is 4.67. The summed E-state index contributed by atoms with van der Waals surface area (Å²) < 4.78 is 0. The summed E-state index contributed by atoms with van der Waals surface area (Å²) in [4.78, 5) is 6.14. The SMILES string of the molecule is OCCN(CCO)c1ccc(SSc2ccc(N(CCO)CCO)cc2)cc1. The van der Waals surface area contributed by atoms with E-state index in [0.29, 0.717) is 26.2 Å². The van der Waals surface area contributed by atoms with Gasteiger partial charge in [-0.2, -0.15) is 0 Å². The maximum absolute atomic E-state index is 9.14. The van der Waals surface area contributed by atoms with Crippen LogP contribution in [0.15, 0.2) is 58.3 Å². The second-order valence-corrected chi connectivity index (χ2v) is 8.30. The van der Waals surface area contributed by atoms with Gasteiger partial charge in [-0.1, -0.05) is 21.6 Å². The van der Waals surface area contributed by atoms with E-state index in [4.69, 9.17) is 20.4 Å². The van der Waals surface area contributed by atoms with Crippen molar-refractivity contribution in [3.63, 3.8) is 0 Å². The molecule has 28 heavy (non-hydrogen) atoms. The lowest BCUT2D eigenvalue weighted by Gasteiger charge is -2.23. The van der Waals surface area contributed by atoms with Gasteiger partial charge >= 0.3 is 0 Å². The minimum absolute atomic E-state index is 0.0520. The Morgan fingerprint density at radius 1 is 0.500 bits per heavy atom. The zero-order valence-corrected chi connectivity index (χ0v) is 17.4. The van der Waals surface area contributed by atoms with Crippen molar-refractivity contribution in [2.45, 2.75) is 9.79 Å². The molecule has 0 bridgehead atoms. The van der Waals surface area contributed by atoms with Gasteiger partial charge in [-0.25, -0.2) is 0 Å². The molecule has 4 N–H and O–H groups in total. The van der Waals surface area contributed by atoms with Gasteiger partial charge in [0.15, 0.2) is 0 Å². The maximum atomic E-state index is 9.14. The summed E-state index contributed by atoms with van der Waals surface area (Å²) in [7, 11) is 3.32. The van der Waals surface area contributed by atoms with Crippen LogP contribution < -0.4 is 9.80 Å². The molecule has 0 aliphatic carbocycles. The first-order chi connectivity index (χ1) is 13.7. The minimum atomic E-state index is 0.0520. The van der Waals surface area contributed by atoms with Gasteiger partial charge in [0.2, 0.25) is 0 Å². The van der Waals surface area contributed by atoms with Gasteiger partial charge in [0.05, 0.1) is 26.4 Å². The molecule has 2 aromatic rings. The van der Waals surface area contributed by atoms with Crippen LogP contribution in [0.2, 0.25) is 0 Å². The highest BCUT2D eigenvalue weighted by Gasteiger charge is 2.07. The van der Waals surface area contributed by atoms with Crippen molar-refractivity contribution in [1.29, 1.82) is 0 Å². The zero-order valence-electron chi connectivity index (χ0n) is 15.8. The lowest BCUT2D eigenvalue weighted by molar-refractivity contribution is 0.280. The average Bonchev–Trinajstić information content (AvgIpc) is 2.73. The first kappa shape index (κ1) is 22.9. The number of rotatable bonds is 13. The van der Waals surface area contributed by atoms with Crippen LogP contribution in [0.1, 0.15) is 0 Å². The highest BCUT2D eigenvalue weighted by Crippen LogP contribution is 2.38. The second-order valence-electron chi connectivity index (χ2n) is 6.02. The third-order valence-corrected chi connectivity index (χ3v) is 6.53. The molecule has 0 saturated carbocycles. The molecule has 2 rings (SSSR count). The first-order valence-electron chi connectivity index (χ1n) is 9.19. The van der Waals surface area contributed by atoms with E-state index < -0.39 is 0 Å². The van der Waals surface area contributed by atoms with E-state index in [0.717, 1.165) is 21.2 Å². The quantitative estimate of drug-likeness (QED) is 0.364. The van der Waals surface area contributed by atoms with Gasteiger partial charge in [0.1, 0.15) is 0 Å². The third kappa shape index (κ3) is 7.20. The Hall–Kier alpha value is -1.42. The summed E-state index contributed by atoms with van der Waals surface area (Å²) in [5, 5.41) is 36.6. The molecule has 0 unspecified atom stereocenters. The molecular formula is C20H28N2O4S2. The third-order valence-electron chi connectivity index (χ3n) is 4.12. The Balaban J connectivity index is 1.92. The van der Waals surface area contributed by atoms with E-state index in [1.54, 1.807) is 21.6 Å². The number of aliphatic hydroxyl groups excluding tert-OH is 4. The van der Waals surface area contributed by atoms with E-state index in [1.807, 2.05) is 58.3 Å². The minimum Gasteiger partial charge on any atom is -0.395 e. The number of hydrogen-bond acceptors (Lipinski definition) is 8. The number of benzene rings is 2. The van der Waals surface area contributed by atoms with Gasteiger partial charge in [-0.3, -0.25) is 0 Å². The highest BCUT2D eigenvalue weighted by molar-refractivity contribution is 8.76. The largest absolute Gasteiger partial charge is 0.395 e. The molecule has 0 saturated heterocycles. The van der Waals surface area contributed by atoms with Gasteiger partial charge in [-0.05, 0) is 48.5 Å². The first-order valence-corrected chi connectivity index (χ1v) is 11.3. The molecule has 0 aliphatic rings. The van der Waals surface area contributed by atoms with E-state index >= 15 is 0 Å². The monoisotopic (exact) mass is 424 g/mol. The van der Waals surface area contributed by atoms with Gasteiger partial charge < -0.3 is 30.2 Å². The molecule has 0 fully saturated rings. The van der Waals surface area contributed by atoms with Crippen LogP contribution in [-0.4, -0.2) is 73.0 Å². The molecule has 0 spiro atoms. The predicted octanol–water partition coefficient (Wildman–Crippen LogP) is 2.07. The molecule has 8 heteroatoms. The standard InChI is InChI=1S/C20H28N2O4S2/c23-13-9-21(10-14-24)17-1-5-19(6-2-17)27-28-20-7-3-18(4-8-20)22(11-15-25)12-16-26/h1-8,23-26H,9-16H2. The summed E-state index contributed by atoms with van der Waals surface area (Å²) in [6.07, 6.45) is 0. The van der Waals surface area contributed by atoms with Crippen LogP contribution in [0.3, 0.4) is 0 Å². The summed E-state index contributed by atoms with van der Waals surface area (Å²) in [5.41, 5.74) is 1.96. The number of aliphatic hydroxyl groups is 4. The Labute approximate surface area is 174 Å². The Kier molecular flexibility index (Phi) is 10.6. The van der Waals surface area contributed by atoms with Crippen molar-refractivity contribution >= 4 is 33.0 Å². The average molecular weight is 425 g/mol. The van der Waals surface area contributed by atoms with E-state index in [-0.39, 0.29) is 26.4 Å². The molecule has 0 radical (unpaired) electrons. The van der Waals surface area contributed by atoms with Crippen molar-refractivity contribution in [2.24, 2.45) is 0 Å². The summed E-state index contributed by atoms with van der Waals surface area (Å²) >= 11 is 0. The fraction of sp³-hybridized carbons (Fsp3) is 0.400. The summed E-state index contributed by atoms with van der Waals surface area (Å²) in [6, 6.07) is 16.1. The van der Waals surface area contributed by atoms with Gasteiger partial charge in [-0.15, -0.1) is 0 Å². The van der Waals surface area contributed by atoms with Gasteiger partial charge in [0, 0.05) is 47.3 Å². The van der Waals surface area contributed by atoms with Crippen LogP contribution in [-0.2, 0) is 0 Å². The van der Waals surface area contributed by atoms with Crippen molar-refractivity contribution in [1.82, 2.24) is 0 Å². The topological polar surface area (TPSA) is 87.4 Å². The highest BCUT2D eigenvalue weighted by atomic mass is 33.1. The predicted molar refractivity (Wildman–Crippen MR) is 117 cm³/mol. The Bertz CT molecular complexity index is 599. The Morgan fingerprint density at radius 2 is 0.786 bits per heavy atom. The Morgan fingerprint density at radius 3 is 1.04 bits per heavy atom. The molecule has 0 atom stereocenters. The van der Waals surface area contributed by atoms with Crippen LogP contribution in [0.4, 0.5) is 11.4 Å².